The largest absolute Gasteiger partial charge is 0.496 e. The number of para-hydroxylation sites is 2. The molecule has 2 aromatic carbocycles. The summed E-state index contributed by atoms with van der Waals surface area (Å²) in [5, 5.41) is 2.87. The van der Waals surface area contributed by atoms with Gasteiger partial charge in [-0.1, -0.05) is 12.1 Å². The van der Waals surface area contributed by atoms with Crippen LogP contribution in [0.3, 0.4) is 0 Å². The third kappa shape index (κ3) is 3.63. The summed E-state index contributed by atoms with van der Waals surface area (Å²) in [5.74, 6) is 2.40. The van der Waals surface area contributed by atoms with Crippen LogP contribution in [0, 0.1) is 6.92 Å². The van der Waals surface area contributed by atoms with Crippen molar-refractivity contribution in [3.8, 4) is 23.0 Å². The average Bonchev–Trinajstić information content (AvgIpc) is 2.66. The molecule has 1 amide bonds. The predicted octanol–water partition coefficient (Wildman–Crippen LogP) is 2.58. The van der Waals surface area contributed by atoms with Gasteiger partial charge in [-0.05, 0) is 31.2 Å². The van der Waals surface area contributed by atoms with Gasteiger partial charge in [0, 0.05) is 11.1 Å². The molecule has 0 bridgehead atoms. The molecule has 2 aromatic rings. The number of ether oxygens (including phenoxy) is 4. The number of nitrogens with one attached hydrogen (secondary N) is 1. The van der Waals surface area contributed by atoms with Crippen LogP contribution in [0.4, 0.5) is 0 Å². The van der Waals surface area contributed by atoms with E-state index in [1.54, 1.807) is 26.4 Å². The molecule has 0 fully saturated rings. The van der Waals surface area contributed by atoms with Crippen LogP contribution in [0.15, 0.2) is 36.4 Å². The zero-order valence-corrected chi connectivity index (χ0v) is 14.5. The number of fused-ring (bicyclic) bond motifs is 1. The molecule has 1 aliphatic heterocycles. The van der Waals surface area contributed by atoms with E-state index >= 15 is 0 Å². The second-order valence-electron chi connectivity index (χ2n) is 5.71. The van der Waals surface area contributed by atoms with E-state index in [9.17, 15) is 4.79 Å². The van der Waals surface area contributed by atoms with Crippen LogP contribution in [0.2, 0.25) is 0 Å². The Labute approximate surface area is 146 Å². The molecule has 0 saturated heterocycles. The SMILES string of the molecule is COc1cc(C(=O)NC[C@@H]2COc3ccccc3O2)cc(OC)c1C. The number of hydrogen-bond acceptors (Lipinski definition) is 5. The number of carbonyl (C=O) groups is 1. The molecule has 6 nitrogen and oxygen atoms in total. The Balaban J connectivity index is 1.65. The van der Waals surface area contributed by atoms with Gasteiger partial charge in [0.05, 0.1) is 20.8 Å². The summed E-state index contributed by atoms with van der Waals surface area (Å²) < 4.78 is 22.1. The number of benzene rings is 2. The van der Waals surface area contributed by atoms with Crippen molar-refractivity contribution in [2.24, 2.45) is 0 Å². The molecule has 0 spiro atoms. The van der Waals surface area contributed by atoms with Gasteiger partial charge in [-0.2, -0.15) is 0 Å². The Morgan fingerprint density at radius 1 is 1.16 bits per heavy atom. The minimum absolute atomic E-state index is 0.223. The van der Waals surface area contributed by atoms with Gasteiger partial charge in [-0.15, -0.1) is 0 Å². The third-order valence-corrected chi connectivity index (χ3v) is 4.07. The molecular formula is C19H21NO5. The van der Waals surface area contributed by atoms with Crippen molar-refractivity contribution < 1.29 is 23.7 Å². The predicted molar refractivity (Wildman–Crippen MR) is 93.0 cm³/mol. The highest BCUT2D eigenvalue weighted by molar-refractivity contribution is 5.95. The highest BCUT2D eigenvalue weighted by atomic mass is 16.6. The first-order valence-corrected chi connectivity index (χ1v) is 8.01. The normalized spacial score (nSPS) is 15.4. The number of carbonyl (C=O) groups excluding carboxylic acids is 1. The zero-order valence-electron chi connectivity index (χ0n) is 14.5. The van der Waals surface area contributed by atoms with Gasteiger partial charge < -0.3 is 24.3 Å². The maximum atomic E-state index is 12.5. The summed E-state index contributed by atoms with van der Waals surface area (Å²) in [4.78, 5) is 12.5. The summed E-state index contributed by atoms with van der Waals surface area (Å²) in [6.45, 7) is 2.60. The summed E-state index contributed by atoms with van der Waals surface area (Å²) in [6, 6.07) is 10.9. The molecule has 1 aliphatic rings. The fourth-order valence-corrected chi connectivity index (χ4v) is 2.69. The lowest BCUT2D eigenvalue weighted by Gasteiger charge is -2.26. The molecule has 6 heteroatoms. The zero-order chi connectivity index (χ0) is 17.8. The van der Waals surface area contributed by atoms with E-state index in [4.69, 9.17) is 18.9 Å². The van der Waals surface area contributed by atoms with E-state index in [-0.39, 0.29) is 12.0 Å². The van der Waals surface area contributed by atoms with E-state index in [1.807, 2.05) is 31.2 Å². The van der Waals surface area contributed by atoms with Crippen LogP contribution in [0.1, 0.15) is 15.9 Å². The van der Waals surface area contributed by atoms with Crippen LogP contribution >= 0.6 is 0 Å². The first-order chi connectivity index (χ1) is 12.1. The van der Waals surface area contributed by atoms with E-state index in [0.29, 0.717) is 36.0 Å². The van der Waals surface area contributed by atoms with E-state index in [2.05, 4.69) is 5.32 Å². The highest BCUT2D eigenvalue weighted by Crippen LogP contribution is 2.31. The van der Waals surface area contributed by atoms with Crippen LogP contribution < -0.4 is 24.3 Å². The lowest BCUT2D eigenvalue weighted by Crippen LogP contribution is -2.40. The molecule has 0 aromatic heterocycles. The quantitative estimate of drug-likeness (QED) is 0.904. The number of amides is 1. The van der Waals surface area contributed by atoms with Crippen LogP contribution in [-0.2, 0) is 0 Å². The van der Waals surface area contributed by atoms with Crippen molar-refractivity contribution >= 4 is 5.91 Å². The lowest BCUT2D eigenvalue weighted by molar-refractivity contribution is 0.0789. The van der Waals surface area contributed by atoms with Gasteiger partial charge in [0.25, 0.3) is 5.91 Å². The maximum Gasteiger partial charge on any atom is 0.251 e. The minimum Gasteiger partial charge on any atom is -0.496 e. The van der Waals surface area contributed by atoms with Crippen LogP contribution in [0.25, 0.3) is 0 Å². The van der Waals surface area contributed by atoms with Gasteiger partial charge >= 0.3 is 0 Å². The van der Waals surface area contributed by atoms with Gasteiger partial charge in [-0.3, -0.25) is 4.79 Å². The van der Waals surface area contributed by atoms with Crippen molar-refractivity contribution in [2.45, 2.75) is 13.0 Å². The van der Waals surface area contributed by atoms with Crippen LogP contribution in [0.5, 0.6) is 23.0 Å². The molecule has 0 radical (unpaired) electrons. The van der Waals surface area contributed by atoms with Crippen molar-refractivity contribution in [3.63, 3.8) is 0 Å². The molecule has 0 saturated carbocycles. The van der Waals surface area contributed by atoms with Gasteiger partial charge in [-0.25, -0.2) is 0 Å². The minimum atomic E-state index is -0.243. The number of hydrogen-bond donors (Lipinski definition) is 1. The van der Waals surface area contributed by atoms with Crippen molar-refractivity contribution in [3.05, 3.63) is 47.5 Å². The molecule has 0 aliphatic carbocycles. The van der Waals surface area contributed by atoms with E-state index < -0.39 is 0 Å². The van der Waals surface area contributed by atoms with Gasteiger partial charge in [0.1, 0.15) is 24.2 Å². The number of rotatable bonds is 5. The first kappa shape index (κ1) is 17.0. The highest BCUT2D eigenvalue weighted by Gasteiger charge is 2.22. The summed E-state index contributed by atoms with van der Waals surface area (Å²) in [7, 11) is 3.13. The Kier molecular flexibility index (Phi) is 4.97. The first-order valence-electron chi connectivity index (χ1n) is 8.01. The lowest BCUT2D eigenvalue weighted by atomic mass is 10.1. The summed E-state index contributed by atoms with van der Waals surface area (Å²) in [6.07, 6.45) is -0.243. The summed E-state index contributed by atoms with van der Waals surface area (Å²) >= 11 is 0. The van der Waals surface area contributed by atoms with E-state index in [1.165, 1.54) is 0 Å². The summed E-state index contributed by atoms with van der Waals surface area (Å²) in [5.41, 5.74) is 1.32. The second-order valence-corrected chi connectivity index (χ2v) is 5.71. The third-order valence-electron chi connectivity index (χ3n) is 4.07. The van der Waals surface area contributed by atoms with Crippen molar-refractivity contribution in [1.29, 1.82) is 0 Å². The molecule has 1 heterocycles. The van der Waals surface area contributed by atoms with Crippen molar-refractivity contribution in [2.75, 3.05) is 27.4 Å². The Morgan fingerprint density at radius 3 is 2.44 bits per heavy atom. The maximum absolute atomic E-state index is 12.5. The fourth-order valence-electron chi connectivity index (χ4n) is 2.69. The Bertz CT molecular complexity index is 749. The monoisotopic (exact) mass is 343 g/mol. The van der Waals surface area contributed by atoms with Crippen LogP contribution in [-0.4, -0.2) is 39.4 Å². The van der Waals surface area contributed by atoms with Gasteiger partial charge in [0.2, 0.25) is 0 Å². The van der Waals surface area contributed by atoms with Crippen molar-refractivity contribution in [1.82, 2.24) is 5.32 Å². The molecule has 0 unspecified atom stereocenters. The standard InChI is InChI=1S/C19H21NO5/c1-12-17(22-2)8-13(9-18(12)23-3)19(21)20-10-14-11-24-15-6-4-5-7-16(15)25-14/h4-9,14H,10-11H2,1-3H3,(H,20,21)/t14-/m1/s1. The molecule has 1 atom stereocenters. The Morgan fingerprint density at radius 2 is 1.80 bits per heavy atom. The Hall–Kier alpha value is -2.89. The smallest absolute Gasteiger partial charge is 0.251 e. The molecule has 25 heavy (non-hydrogen) atoms. The average molecular weight is 343 g/mol. The molecular weight excluding hydrogens is 322 g/mol. The van der Waals surface area contributed by atoms with Gasteiger partial charge in [0.15, 0.2) is 11.5 Å². The molecule has 3 rings (SSSR count). The van der Waals surface area contributed by atoms with E-state index in [0.717, 1.165) is 11.3 Å². The fraction of sp³-hybridized carbons (Fsp3) is 0.316. The number of methoxy groups -OCH3 is 2. The topological polar surface area (TPSA) is 66.0 Å². The molecule has 1 N–H and O–H groups in total. The second kappa shape index (κ2) is 7.34. The molecule has 132 valence electrons.